The zero-order chi connectivity index (χ0) is 25.1. The number of aromatic nitrogens is 1. The molecule has 0 spiro atoms. The molecule has 0 unspecified atom stereocenters. The molecule has 0 bridgehead atoms. The third kappa shape index (κ3) is 5.34. The fraction of sp³-hybridized carbons (Fsp3) is 0.200. The monoisotopic (exact) mass is 496 g/mol. The molecule has 5 rings (SSSR count). The van der Waals surface area contributed by atoms with Crippen LogP contribution in [0.5, 0.6) is 5.75 Å². The smallest absolute Gasteiger partial charge is 0.293 e. The van der Waals surface area contributed by atoms with Crippen LogP contribution < -0.4 is 10.1 Å². The maximum absolute atomic E-state index is 13.2. The number of fused-ring (bicyclic) bond motifs is 1. The number of hydrogen-bond acceptors (Lipinski definition) is 5. The fourth-order valence-electron chi connectivity index (χ4n) is 4.11. The normalized spacial score (nSPS) is 11.2. The van der Waals surface area contributed by atoms with Gasteiger partial charge in [-0.3, -0.25) is 10.1 Å². The second kappa shape index (κ2) is 10.4. The van der Waals surface area contributed by atoms with Gasteiger partial charge in [-0.25, -0.2) is 4.98 Å². The van der Waals surface area contributed by atoms with Gasteiger partial charge in [-0.1, -0.05) is 68.4 Å². The predicted molar refractivity (Wildman–Crippen MR) is 145 cm³/mol. The summed E-state index contributed by atoms with van der Waals surface area (Å²) >= 11 is 1.47. The molecule has 0 aliphatic carbocycles. The minimum atomic E-state index is -0.337. The highest BCUT2D eigenvalue weighted by atomic mass is 32.1. The minimum absolute atomic E-state index is 0.221. The number of furan rings is 1. The van der Waals surface area contributed by atoms with E-state index < -0.39 is 0 Å². The van der Waals surface area contributed by atoms with E-state index in [-0.39, 0.29) is 18.3 Å². The molecule has 0 atom stereocenters. The van der Waals surface area contributed by atoms with E-state index in [1.807, 2.05) is 61.7 Å². The van der Waals surface area contributed by atoms with Crippen LogP contribution in [-0.2, 0) is 13.0 Å². The first-order valence-electron chi connectivity index (χ1n) is 12.0. The molecule has 0 aliphatic rings. The Hall–Kier alpha value is -3.90. The topological polar surface area (TPSA) is 64.4 Å². The van der Waals surface area contributed by atoms with Crippen molar-refractivity contribution in [3.05, 3.63) is 112 Å². The number of anilines is 1. The van der Waals surface area contributed by atoms with Gasteiger partial charge in [-0.2, -0.15) is 0 Å². The van der Waals surface area contributed by atoms with Crippen LogP contribution in [0.2, 0.25) is 0 Å². The highest BCUT2D eigenvalue weighted by molar-refractivity contribution is 7.15. The summed E-state index contributed by atoms with van der Waals surface area (Å²) in [5, 5.41) is 4.32. The Kier molecular flexibility index (Phi) is 6.87. The number of nitrogens with one attached hydrogen (secondary N) is 1. The predicted octanol–water partition coefficient (Wildman–Crippen LogP) is 7.74. The van der Waals surface area contributed by atoms with E-state index in [0.717, 1.165) is 28.0 Å². The first-order chi connectivity index (χ1) is 17.5. The van der Waals surface area contributed by atoms with Crippen LogP contribution in [-0.4, -0.2) is 10.9 Å². The van der Waals surface area contributed by atoms with Crippen molar-refractivity contribution >= 4 is 33.3 Å². The van der Waals surface area contributed by atoms with E-state index in [1.165, 1.54) is 22.5 Å². The summed E-state index contributed by atoms with van der Waals surface area (Å²) in [4.78, 5) is 18.7. The van der Waals surface area contributed by atoms with Crippen molar-refractivity contribution in [2.75, 3.05) is 5.32 Å². The number of aryl methyl sites for hydroxylation is 1. The van der Waals surface area contributed by atoms with Crippen LogP contribution in [0.4, 0.5) is 5.13 Å². The molecule has 2 heterocycles. The SMILES string of the molecule is Cc1cccc(OCc2c(C(=O)Nc3ncc(Cc4ccc(C(C)C)cc4)s3)oc3ccccc23)c1. The lowest BCUT2D eigenvalue weighted by atomic mass is 10.0. The van der Waals surface area contributed by atoms with Crippen LogP contribution in [0.3, 0.4) is 0 Å². The maximum Gasteiger partial charge on any atom is 0.293 e. The Morgan fingerprint density at radius 2 is 1.86 bits per heavy atom. The molecule has 5 aromatic rings. The van der Waals surface area contributed by atoms with E-state index >= 15 is 0 Å². The molecule has 36 heavy (non-hydrogen) atoms. The molecular formula is C30H28N2O3S. The van der Waals surface area contributed by atoms with Crippen molar-refractivity contribution in [1.82, 2.24) is 4.98 Å². The lowest BCUT2D eigenvalue weighted by Crippen LogP contribution is -2.13. The summed E-state index contributed by atoms with van der Waals surface area (Å²) in [7, 11) is 0. The molecule has 6 heteroatoms. The molecule has 2 aromatic heterocycles. The lowest BCUT2D eigenvalue weighted by Gasteiger charge is -2.08. The number of benzene rings is 3. The van der Waals surface area contributed by atoms with E-state index in [9.17, 15) is 4.79 Å². The Balaban J connectivity index is 1.32. The standard InChI is InChI=1S/C30H28N2O3S/c1-19(2)22-13-11-21(12-14-22)16-24-17-31-30(36-24)32-29(33)28-26(25-9-4-5-10-27(25)35-28)18-34-23-8-6-7-20(3)15-23/h4-15,17,19H,16,18H2,1-3H3,(H,31,32,33). The third-order valence-corrected chi connectivity index (χ3v) is 6.99. The maximum atomic E-state index is 13.2. The minimum Gasteiger partial charge on any atom is -0.489 e. The average molecular weight is 497 g/mol. The van der Waals surface area contributed by atoms with Gasteiger partial charge in [0.25, 0.3) is 5.91 Å². The highest BCUT2D eigenvalue weighted by Gasteiger charge is 2.22. The molecule has 1 N–H and O–H groups in total. The molecule has 3 aromatic carbocycles. The van der Waals surface area contributed by atoms with Crippen molar-refractivity contribution in [3.63, 3.8) is 0 Å². The summed E-state index contributed by atoms with van der Waals surface area (Å²) in [5.74, 6) is 1.16. The number of amides is 1. The van der Waals surface area contributed by atoms with Gasteiger partial charge < -0.3 is 9.15 Å². The molecule has 0 saturated carbocycles. The van der Waals surface area contributed by atoms with Gasteiger partial charge in [0.15, 0.2) is 10.9 Å². The Bertz CT molecular complexity index is 1500. The number of hydrogen-bond donors (Lipinski definition) is 1. The zero-order valence-corrected chi connectivity index (χ0v) is 21.4. The molecule has 1 amide bonds. The molecule has 0 aliphatic heterocycles. The molecule has 0 radical (unpaired) electrons. The molecule has 0 fully saturated rings. The Morgan fingerprint density at radius 3 is 2.64 bits per heavy atom. The molecule has 5 nitrogen and oxygen atoms in total. The van der Waals surface area contributed by atoms with Crippen LogP contribution in [0, 0.1) is 6.92 Å². The largest absolute Gasteiger partial charge is 0.489 e. The number of carbonyl (C=O) groups is 1. The summed E-state index contributed by atoms with van der Waals surface area (Å²) in [6, 6.07) is 24.1. The van der Waals surface area contributed by atoms with Gasteiger partial charge in [0, 0.05) is 28.4 Å². The Morgan fingerprint density at radius 1 is 1.06 bits per heavy atom. The first-order valence-corrected chi connectivity index (χ1v) is 12.8. The van der Waals surface area contributed by atoms with Crippen molar-refractivity contribution in [2.45, 2.75) is 39.7 Å². The highest BCUT2D eigenvalue weighted by Crippen LogP contribution is 2.29. The average Bonchev–Trinajstić information content (AvgIpc) is 3.47. The van der Waals surface area contributed by atoms with Crippen molar-refractivity contribution in [1.29, 1.82) is 0 Å². The van der Waals surface area contributed by atoms with Gasteiger partial charge in [0.2, 0.25) is 0 Å². The van der Waals surface area contributed by atoms with Crippen LogP contribution in [0.15, 0.2) is 83.4 Å². The van der Waals surface area contributed by atoms with Gasteiger partial charge in [0.05, 0.1) is 0 Å². The number of nitrogens with zero attached hydrogens (tertiary/aromatic N) is 1. The van der Waals surface area contributed by atoms with Gasteiger partial charge >= 0.3 is 0 Å². The van der Waals surface area contributed by atoms with Crippen LogP contribution >= 0.6 is 11.3 Å². The number of carbonyl (C=O) groups excluding carboxylic acids is 1. The van der Waals surface area contributed by atoms with E-state index in [1.54, 1.807) is 0 Å². The van der Waals surface area contributed by atoms with E-state index in [2.05, 4.69) is 48.4 Å². The summed E-state index contributed by atoms with van der Waals surface area (Å²) in [5.41, 5.74) is 5.01. The quantitative estimate of drug-likeness (QED) is 0.239. The Labute approximate surface area is 214 Å². The summed E-state index contributed by atoms with van der Waals surface area (Å²) < 4.78 is 12.0. The number of para-hydroxylation sites is 1. The second-order valence-corrected chi connectivity index (χ2v) is 10.3. The molecule has 0 saturated heterocycles. The third-order valence-electron chi connectivity index (χ3n) is 6.08. The zero-order valence-electron chi connectivity index (χ0n) is 20.6. The van der Waals surface area contributed by atoms with Gasteiger partial charge in [-0.15, -0.1) is 11.3 Å². The first kappa shape index (κ1) is 23.8. The number of ether oxygens (including phenoxy) is 1. The van der Waals surface area contributed by atoms with Crippen LogP contribution in [0.25, 0.3) is 11.0 Å². The second-order valence-electron chi connectivity index (χ2n) is 9.17. The van der Waals surface area contributed by atoms with Crippen LogP contribution in [0.1, 0.15) is 57.5 Å². The number of thiazole rings is 1. The van der Waals surface area contributed by atoms with E-state index in [0.29, 0.717) is 22.2 Å². The van der Waals surface area contributed by atoms with Gasteiger partial charge in [-0.05, 0) is 47.7 Å². The summed E-state index contributed by atoms with van der Waals surface area (Å²) in [6.45, 7) is 6.62. The number of rotatable bonds is 8. The summed E-state index contributed by atoms with van der Waals surface area (Å²) in [6.07, 6.45) is 2.59. The van der Waals surface area contributed by atoms with E-state index in [4.69, 9.17) is 9.15 Å². The molecular weight excluding hydrogens is 468 g/mol. The van der Waals surface area contributed by atoms with Crippen molar-refractivity contribution < 1.29 is 13.9 Å². The lowest BCUT2D eigenvalue weighted by molar-refractivity contribution is 0.0995. The molecule has 182 valence electrons. The van der Waals surface area contributed by atoms with Crippen molar-refractivity contribution in [3.8, 4) is 5.75 Å². The van der Waals surface area contributed by atoms with Crippen molar-refractivity contribution in [2.24, 2.45) is 0 Å². The van der Waals surface area contributed by atoms with Gasteiger partial charge in [0.1, 0.15) is 17.9 Å². The fourth-order valence-corrected chi connectivity index (χ4v) is 4.95.